The molecule has 7 heteroatoms. The van der Waals surface area contributed by atoms with E-state index in [2.05, 4.69) is 16.3 Å². The fraction of sp³-hybridized carbons (Fsp3) is 0.391. The number of aromatic nitrogens is 1. The lowest BCUT2D eigenvalue weighted by Crippen LogP contribution is -2.44. The molecular weight excluding hydrogens is 398 g/mol. The van der Waals surface area contributed by atoms with Crippen molar-refractivity contribution in [3.05, 3.63) is 53.0 Å². The van der Waals surface area contributed by atoms with Gasteiger partial charge in [0.25, 0.3) is 0 Å². The van der Waals surface area contributed by atoms with Gasteiger partial charge in [0.05, 0.1) is 36.5 Å². The fourth-order valence-electron chi connectivity index (χ4n) is 4.03. The summed E-state index contributed by atoms with van der Waals surface area (Å²) in [6.07, 6.45) is 2.11. The van der Waals surface area contributed by atoms with Crippen molar-refractivity contribution in [2.24, 2.45) is 0 Å². The first-order valence-corrected chi connectivity index (χ1v) is 11.0. The maximum Gasteiger partial charge on any atom is 0.237 e. The highest BCUT2D eigenvalue weighted by molar-refractivity contribution is 7.18. The van der Waals surface area contributed by atoms with E-state index in [4.69, 9.17) is 14.5 Å². The highest BCUT2D eigenvalue weighted by Crippen LogP contribution is 2.37. The quantitative estimate of drug-likeness (QED) is 0.616. The summed E-state index contributed by atoms with van der Waals surface area (Å²) in [6.45, 7) is 3.34. The van der Waals surface area contributed by atoms with Crippen LogP contribution in [0.1, 0.15) is 36.4 Å². The molecule has 1 amide bonds. The molecule has 1 N–H and O–H groups in total. The number of rotatable bonds is 7. The molecule has 0 saturated carbocycles. The lowest BCUT2D eigenvalue weighted by atomic mass is 10.1. The van der Waals surface area contributed by atoms with Crippen molar-refractivity contribution in [1.82, 2.24) is 15.2 Å². The molecule has 0 spiro atoms. The monoisotopic (exact) mass is 425 g/mol. The molecule has 6 nitrogen and oxygen atoms in total. The summed E-state index contributed by atoms with van der Waals surface area (Å²) in [6, 6.07) is 13.9. The number of benzene rings is 2. The van der Waals surface area contributed by atoms with Gasteiger partial charge in [-0.1, -0.05) is 18.2 Å². The van der Waals surface area contributed by atoms with E-state index < -0.39 is 0 Å². The number of hydrogen-bond donors (Lipinski definition) is 1. The van der Waals surface area contributed by atoms with E-state index in [1.54, 1.807) is 25.6 Å². The molecular formula is C23H27N3O3S. The van der Waals surface area contributed by atoms with Crippen LogP contribution in [0.4, 0.5) is 0 Å². The third kappa shape index (κ3) is 4.13. The summed E-state index contributed by atoms with van der Waals surface area (Å²) in [5, 5.41) is 4.17. The summed E-state index contributed by atoms with van der Waals surface area (Å²) < 4.78 is 11.8. The van der Waals surface area contributed by atoms with Crippen molar-refractivity contribution in [1.29, 1.82) is 0 Å². The molecule has 30 heavy (non-hydrogen) atoms. The minimum atomic E-state index is -0.218. The summed E-state index contributed by atoms with van der Waals surface area (Å²) in [7, 11) is 3.22. The number of nitrogens with zero attached hydrogens (tertiary/aromatic N) is 2. The van der Waals surface area contributed by atoms with E-state index in [0.29, 0.717) is 18.0 Å². The number of carbonyl (C=O) groups is 1. The number of hydrogen-bond acceptors (Lipinski definition) is 6. The number of methoxy groups -OCH3 is 2. The average Bonchev–Trinajstić information content (AvgIpc) is 3.43. The van der Waals surface area contributed by atoms with Gasteiger partial charge in [-0.15, -0.1) is 11.3 Å². The van der Waals surface area contributed by atoms with E-state index >= 15 is 0 Å². The van der Waals surface area contributed by atoms with E-state index in [-0.39, 0.29) is 18.0 Å². The molecule has 2 unspecified atom stereocenters. The molecule has 1 aliphatic rings. The second-order valence-electron chi connectivity index (χ2n) is 7.50. The van der Waals surface area contributed by atoms with Crippen LogP contribution in [0, 0.1) is 0 Å². The van der Waals surface area contributed by atoms with Crippen molar-refractivity contribution in [3.63, 3.8) is 0 Å². The Morgan fingerprint density at radius 2 is 2.03 bits per heavy atom. The van der Waals surface area contributed by atoms with Crippen LogP contribution in [0.15, 0.2) is 42.5 Å². The van der Waals surface area contributed by atoms with Gasteiger partial charge < -0.3 is 14.8 Å². The predicted octanol–water partition coefficient (Wildman–Crippen LogP) is 4.16. The minimum Gasteiger partial charge on any atom is -0.493 e. The Morgan fingerprint density at radius 3 is 2.80 bits per heavy atom. The third-order valence-corrected chi connectivity index (χ3v) is 6.82. The molecule has 1 aliphatic heterocycles. The Balaban J connectivity index is 1.42. The molecule has 0 aliphatic carbocycles. The van der Waals surface area contributed by atoms with Crippen LogP contribution in [-0.4, -0.2) is 42.6 Å². The van der Waals surface area contributed by atoms with Gasteiger partial charge in [-0.25, -0.2) is 4.98 Å². The van der Waals surface area contributed by atoms with E-state index in [0.717, 1.165) is 35.5 Å². The topological polar surface area (TPSA) is 63.7 Å². The van der Waals surface area contributed by atoms with Gasteiger partial charge in [0.1, 0.15) is 5.01 Å². The smallest absolute Gasteiger partial charge is 0.237 e. The molecule has 1 aromatic heterocycles. The molecule has 1 saturated heterocycles. The van der Waals surface area contributed by atoms with Gasteiger partial charge in [0.2, 0.25) is 5.91 Å². The zero-order chi connectivity index (χ0) is 21.1. The standard InChI is InChI=1S/C23H27N3O3S/c1-15(22(27)24-14-16-10-11-19(28-2)20(13-16)29-3)26-12-6-8-18(26)23-25-17-7-4-5-9-21(17)30-23/h4-5,7,9-11,13,15,18H,6,8,12,14H2,1-3H3,(H,24,27). The van der Waals surface area contributed by atoms with E-state index in [9.17, 15) is 4.79 Å². The normalized spacial score (nSPS) is 17.8. The highest BCUT2D eigenvalue weighted by atomic mass is 32.1. The van der Waals surface area contributed by atoms with Crippen LogP contribution >= 0.6 is 11.3 Å². The fourth-order valence-corrected chi connectivity index (χ4v) is 5.15. The molecule has 1 fully saturated rings. The van der Waals surface area contributed by atoms with Crippen molar-refractivity contribution in [2.75, 3.05) is 20.8 Å². The van der Waals surface area contributed by atoms with Crippen LogP contribution in [-0.2, 0) is 11.3 Å². The van der Waals surface area contributed by atoms with Crippen LogP contribution in [0.5, 0.6) is 11.5 Å². The number of para-hydroxylation sites is 1. The molecule has 0 radical (unpaired) electrons. The number of fused-ring (bicyclic) bond motifs is 1. The lowest BCUT2D eigenvalue weighted by Gasteiger charge is -2.28. The Labute approximate surface area is 180 Å². The van der Waals surface area contributed by atoms with Gasteiger partial charge in [-0.3, -0.25) is 9.69 Å². The van der Waals surface area contributed by atoms with Crippen molar-refractivity contribution >= 4 is 27.5 Å². The average molecular weight is 426 g/mol. The van der Waals surface area contributed by atoms with Crippen LogP contribution < -0.4 is 14.8 Å². The summed E-state index contributed by atoms with van der Waals surface area (Å²) in [5.41, 5.74) is 2.01. The molecule has 4 rings (SSSR count). The Kier molecular flexibility index (Phi) is 6.20. The minimum absolute atomic E-state index is 0.0257. The maximum atomic E-state index is 12.9. The van der Waals surface area contributed by atoms with Gasteiger partial charge in [-0.05, 0) is 56.1 Å². The van der Waals surface area contributed by atoms with E-state index in [1.165, 1.54) is 4.70 Å². The largest absolute Gasteiger partial charge is 0.493 e. The molecule has 2 aromatic carbocycles. The van der Waals surface area contributed by atoms with Crippen LogP contribution in [0.25, 0.3) is 10.2 Å². The first kappa shape index (κ1) is 20.6. The van der Waals surface area contributed by atoms with Crippen LogP contribution in [0.3, 0.4) is 0 Å². The van der Waals surface area contributed by atoms with Crippen LogP contribution in [0.2, 0.25) is 0 Å². The maximum absolute atomic E-state index is 12.9. The number of carbonyl (C=O) groups excluding carboxylic acids is 1. The highest BCUT2D eigenvalue weighted by Gasteiger charge is 2.34. The first-order valence-electron chi connectivity index (χ1n) is 10.2. The number of likely N-dealkylation sites (tertiary alicyclic amines) is 1. The molecule has 2 heterocycles. The third-order valence-electron chi connectivity index (χ3n) is 5.68. The Bertz CT molecular complexity index is 1000. The zero-order valence-electron chi connectivity index (χ0n) is 17.6. The van der Waals surface area contributed by atoms with Gasteiger partial charge in [0.15, 0.2) is 11.5 Å². The second-order valence-corrected chi connectivity index (χ2v) is 8.56. The number of amides is 1. The number of ether oxygens (including phenoxy) is 2. The van der Waals surface area contributed by atoms with E-state index in [1.807, 2.05) is 43.3 Å². The predicted molar refractivity (Wildman–Crippen MR) is 119 cm³/mol. The second kappa shape index (κ2) is 9.02. The number of thiazole rings is 1. The number of nitrogens with one attached hydrogen (secondary N) is 1. The lowest BCUT2D eigenvalue weighted by molar-refractivity contribution is -0.126. The summed E-state index contributed by atoms with van der Waals surface area (Å²) in [5.74, 6) is 1.36. The van der Waals surface area contributed by atoms with Gasteiger partial charge in [-0.2, -0.15) is 0 Å². The van der Waals surface area contributed by atoms with Crippen molar-refractivity contribution in [2.45, 2.75) is 38.4 Å². The Hall–Kier alpha value is -2.64. The van der Waals surface area contributed by atoms with Crippen molar-refractivity contribution < 1.29 is 14.3 Å². The summed E-state index contributed by atoms with van der Waals surface area (Å²) in [4.78, 5) is 20.0. The molecule has 158 valence electrons. The molecule has 0 bridgehead atoms. The van der Waals surface area contributed by atoms with Crippen molar-refractivity contribution in [3.8, 4) is 11.5 Å². The van der Waals surface area contributed by atoms with Gasteiger partial charge in [0, 0.05) is 6.54 Å². The summed E-state index contributed by atoms with van der Waals surface area (Å²) >= 11 is 1.73. The first-order chi connectivity index (χ1) is 14.6. The molecule has 3 aromatic rings. The zero-order valence-corrected chi connectivity index (χ0v) is 18.4. The SMILES string of the molecule is COc1ccc(CNC(=O)C(C)N2CCCC2c2nc3ccccc3s2)cc1OC. The Morgan fingerprint density at radius 1 is 1.23 bits per heavy atom. The molecule has 2 atom stereocenters. The van der Waals surface area contributed by atoms with Gasteiger partial charge >= 0.3 is 0 Å².